The van der Waals surface area contributed by atoms with E-state index in [0.29, 0.717) is 41.3 Å². The van der Waals surface area contributed by atoms with E-state index in [0.717, 1.165) is 6.42 Å². The molecule has 3 N–H and O–H groups in total. The van der Waals surface area contributed by atoms with Crippen LogP contribution >= 0.6 is 0 Å². The van der Waals surface area contributed by atoms with E-state index in [4.69, 9.17) is 9.47 Å². The van der Waals surface area contributed by atoms with Gasteiger partial charge in [0.25, 0.3) is 5.56 Å². The number of methoxy groups -OCH3 is 2. The summed E-state index contributed by atoms with van der Waals surface area (Å²) in [6.07, 6.45) is 0.778. The SMILES string of the molecule is CCCNC(=O)NC(=O)CN(CC)Cc1nc2cc(OC)c(OC)cc2c(=O)[nH]1. The van der Waals surface area contributed by atoms with E-state index in [1.54, 1.807) is 17.0 Å². The van der Waals surface area contributed by atoms with E-state index >= 15 is 0 Å². The zero-order valence-corrected chi connectivity index (χ0v) is 17.1. The Kier molecular flexibility index (Phi) is 7.96. The molecule has 0 atom stereocenters. The third-order valence-corrected chi connectivity index (χ3v) is 4.24. The summed E-state index contributed by atoms with van der Waals surface area (Å²) in [5.41, 5.74) is 0.145. The lowest BCUT2D eigenvalue weighted by atomic mass is 10.2. The van der Waals surface area contributed by atoms with Gasteiger partial charge in [-0.05, 0) is 19.0 Å². The van der Waals surface area contributed by atoms with Gasteiger partial charge in [0.1, 0.15) is 5.82 Å². The second kappa shape index (κ2) is 10.4. The van der Waals surface area contributed by atoms with E-state index in [2.05, 4.69) is 20.6 Å². The topological polar surface area (TPSA) is 126 Å². The minimum atomic E-state index is -0.522. The Labute approximate surface area is 168 Å². The van der Waals surface area contributed by atoms with Crippen LogP contribution in [0.1, 0.15) is 26.1 Å². The molecule has 0 fully saturated rings. The quantitative estimate of drug-likeness (QED) is 0.568. The number of urea groups is 1. The van der Waals surface area contributed by atoms with Gasteiger partial charge < -0.3 is 19.8 Å². The standard InChI is InChI=1S/C19H27N5O5/c1-5-7-20-19(27)23-17(25)11-24(6-2)10-16-21-13-9-15(29-4)14(28-3)8-12(13)18(26)22-16/h8-9H,5-7,10-11H2,1-4H3,(H,21,22,26)(H2,20,23,25,27). The van der Waals surface area contributed by atoms with Gasteiger partial charge >= 0.3 is 6.03 Å². The number of aromatic nitrogens is 2. The molecule has 0 saturated carbocycles. The number of carbonyl (C=O) groups is 2. The van der Waals surface area contributed by atoms with E-state index in [9.17, 15) is 14.4 Å². The Bertz CT molecular complexity index is 927. The van der Waals surface area contributed by atoms with E-state index in [1.807, 2.05) is 13.8 Å². The first-order valence-corrected chi connectivity index (χ1v) is 9.36. The molecule has 1 heterocycles. The summed E-state index contributed by atoms with van der Waals surface area (Å²) in [5.74, 6) is 0.872. The monoisotopic (exact) mass is 405 g/mol. The van der Waals surface area contributed by atoms with Crippen LogP contribution in [0.5, 0.6) is 11.5 Å². The smallest absolute Gasteiger partial charge is 0.321 e. The predicted molar refractivity (Wildman–Crippen MR) is 108 cm³/mol. The molecule has 0 bridgehead atoms. The number of hydrogen-bond acceptors (Lipinski definition) is 7. The number of likely N-dealkylation sites (N-methyl/N-ethyl adjacent to an activating group) is 1. The first-order valence-electron chi connectivity index (χ1n) is 9.36. The number of ether oxygens (including phenoxy) is 2. The third kappa shape index (κ3) is 5.92. The maximum atomic E-state index is 12.5. The first kappa shape index (κ1) is 22.2. The summed E-state index contributed by atoms with van der Waals surface area (Å²) in [6, 6.07) is 2.68. The predicted octanol–water partition coefficient (Wildman–Crippen LogP) is 0.998. The fraction of sp³-hybridized carbons (Fsp3) is 0.474. The van der Waals surface area contributed by atoms with Crippen LogP contribution in [0.25, 0.3) is 10.9 Å². The minimum Gasteiger partial charge on any atom is -0.493 e. The molecule has 0 saturated heterocycles. The van der Waals surface area contributed by atoms with Crippen LogP contribution in [0.4, 0.5) is 4.79 Å². The van der Waals surface area contributed by atoms with Gasteiger partial charge in [-0.1, -0.05) is 13.8 Å². The number of H-pyrrole nitrogens is 1. The van der Waals surface area contributed by atoms with Crippen molar-refractivity contribution in [3.8, 4) is 11.5 Å². The number of hydrogen-bond donors (Lipinski definition) is 3. The Morgan fingerprint density at radius 2 is 1.86 bits per heavy atom. The molecular formula is C19H27N5O5. The van der Waals surface area contributed by atoms with E-state index in [-0.39, 0.29) is 18.6 Å². The molecule has 10 nitrogen and oxygen atoms in total. The third-order valence-electron chi connectivity index (χ3n) is 4.24. The highest BCUT2D eigenvalue weighted by atomic mass is 16.5. The van der Waals surface area contributed by atoms with Crippen molar-refractivity contribution in [2.45, 2.75) is 26.8 Å². The Morgan fingerprint density at radius 1 is 1.17 bits per heavy atom. The van der Waals surface area contributed by atoms with Gasteiger partial charge in [-0.3, -0.25) is 19.8 Å². The molecule has 0 aliphatic heterocycles. The van der Waals surface area contributed by atoms with E-state index < -0.39 is 11.9 Å². The van der Waals surface area contributed by atoms with Crippen LogP contribution in [0, 0.1) is 0 Å². The molecule has 2 rings (SSSR count). The molecule has 0 radical (unpaired) electrons. The fourth-order valence-electron chi connectivity index (χ4n) is 2.73. The Hall–Kier alpha value is -3.14. The number of amides is 3. The normalized spacial score (nSPS) is 10.8. The van der Waals surface area contributed by atoms with Crippen LogP contribution in [0.3, 0.4) is 0 Å². The van der Waals surface area contributed by atoms with Gasteiger partial charge in [0.2, 0.25) is 5.91 Å². The van der Waals surface area contributed by atoms with Crippen molar-refractivity contribution in [1.82, 2.24) is 25.5 Å². The number of nitrogens with one attached hydrogen (secondary N) is 3. The van der Waals surface area contributed by atoms with Gasteiger partial charge in [-0.15, -0.1) is 0 Å². The summed E-state index contributed by atoms with van der Waals surface area (Å²) in [5, 5.41) is 5.24. The van der Waals surface area contributed by atoms with Crippen LogP contribution in [0.2, 0.25) is 0 Å². The molecule has 0 aliphatic rings. The van der Waals surface area contributed by atoms with Gasteiger partial charge in [0.05, 0.1) is 38.2 Å². The number of imide groups is 1. The largest absolute Gasteiger partial charge is 0.493 e. The van der Waals surface area contributed by atoms with Crippen molar-refractivity contribution >= 4 is 22.8 Å². The van der Waals surface area contributed by atoms with Crippen molar-refractivity contribution < 1.29 is 19.1 Å². The number of aromatic amines is 1. The summed E-state index contributed by atoms with van der Waals surface area (Å²) in [7, 11) is 3.00. The molecule has 0 aliphatic carbocycles. The highest BCUT2D eigenvalue weighted by molar-refractivity contribution is 5.95. The van der Waals surface area contributed by atoms with Crippen molar-refractivity contribution in [3.63, 3.8) is 0 Å². The molecule has 29 heavy (non-hydrogen) atoms. The average Bonchev–Trinajstić information content (AvgIpc) is 2.70. The molecule has 10 heteroatoms. The summed E-state index contributed by atoms with van der Waals surface area (Å²) >= 11 is 0. The molecular weight excluding hydrogens is 378 g/mol. The zero-order chi connectivity index (χ0) is 21.4. The van der Waals surface area contributed by atoms with Crippen molar-refractivity contribution in [3.05, 3.63) is 28.3 Å². The first-order chi connectivity index (χ1) is 13.9. The van der Waals surface area contributed by atoms with Gasteiger partial charge in [-0.2, -0.15) is 0 Å². The van der Waals surface area contributed by atoms with Crippen molar-refractivity contribution in [2.75, 3.05) is 33.9 Å². The Morgan fingerprint density at radius 3 is 2.48 bits per heavy atom. The molecule has 2 aromatic rings. The van der Waals surface area contributed by atoms with Crippen LogP contribution in [-0.4, -0.2) is 60.7 Å². The lowest BCUT2D eigenvalue weighted by Gasteiger charge is -2.19. The fourth-order valence-corrected chi connectivity index (χ4v) is 2.73. The Balaban J connectivity index is 2.15. The number of nitrogens with zero attached hydrogens (tertiary/aromatic N) is 2. The lowest BCUT2D eigenvalue weighted by Crippen LogP contribution is -2.44. The second-order valence-corrected chi connectivity index (χ2v) is 6.34. The molecule has 158 valence electrons. The molecule has 1 aromatic heterocycles. The van der Waals surface area contributed by atoms with Crippen LogP contribution < -0.4 is 25.7 Å². The second-order valence-electron chi connectivity index (χ2n) is 6.34. The zero-order valence-electron chi connectivity index (χ0n) is 17.1. The van der Waals surface area contributed by atoms with Crippen molar-refractivity contribution in [2.24, 2.45) is 0 Å². The maximum absolute atomic E-state index is 12.5. The van der Waals surface area contributed by atoms with Crippen LogP contribution in [-0.2, 0) is 11.3 Å². The van der Waals surface area contributed by atoms with Crippen molar-refractivity contribution in [1.29, 1.82) is 0 Å². The summed E-state index contributed by atoms with van der Waals surface area (Å²) in [6.45, 7) is 5.04. The van der Waals surface area contributed by atoms with Gasteiger partial charge in [0.15, 0.2) is 11.5 Å². The summed E-state index contributed by atoms with van der Waals surface area (Å²) in [4.78, 5) is 45.1. The molecule has 0 spiro atoms. The van der Waals surface area contributed by atoms with E-state index in [1.165, 1.54) is 14.2 Å². The molecule has 3 amide bonds. The molecule has 0 unspecified atom stereocenters. The van der Waals surface area contributed by atoms with Gasteiger partial charge in [-0.25, -0.2) is 9.78 Å². The van der Waals surface area contributed by atoms with Crippen LogP contribution in [0.15, 0.2) is 16.9 Å². The maximum Gasteiger partial charge on any atom is 0.321 e. The number of fused-ring (bicyclic) bond motifs is 1. The number of rotatable bonds is 9. The number of carbonyl (C=O) groups excluding carboxylic acids is 2. The lowest BCUT2D eigenvalue weighted by molar-refractivity contribution is -0.121. The highest BCUT2D eigenvalue weighted by Crippen LogP contribution is 2.29. The van der Waals surface area contributed by atoms with Gasteiger partial charge in [0, 0.05) is 12.6 Å². The molecule has 1 aromatic carbocycles. The average molecular weight is 405 g/mol. The number of benzene rings is 1. The minimum absolute atomic E-state index is 0.0102. The summed E-state index contributed by atoms with van der Waals surface area (Å²) < 4.78 is 10.5. The highest BCUT2D eigenvalue weighted by Gasteiger charge is 2.15.